The lowest BCUT2D eigenvalue weighted by Crippen LogP contribution is -2.12. The molecule has 0 aliphatic rings. The van der Waals surface area contributed by atoms with E-state index < -0.39 is 5.97 Å². The summed E-state index contributed by atoms with van der Waals surface area (Å²) >= 11 is 0. The molecule has 0 fully saturated rings. The van der Waals surface area contributed by atoms with Gasteiger partial charge in [-0.15, -0.1) is 0 Å². The molecule has 0 bridgehead atoms. The van der Waals surface area contributed by atoms with Crippen molar-refractivity contribution in [3.8, 4) is 0 Å². The molecule has 0 heterocycles. The molecule has 0 N–H and O–H groups in total. The van der Waals surface area contributed by atoms with Gasteiger partial charge in [0.05, 0.1) is 6.10 Å². The maximum atomic E-state index is 10.6. The Labute approximate surface area is 59.8 Å². The van der Waals surface area contributed by atoms with Crippen molar-refractivity contribution in [2.45, 2.75) is 20.0 Å². The van der Waals surface area contributed by atoms with E-state index in [2.05, 4.69) is 14.7 Å². The summed E-state index contributed by atoms with van der Waals surface area (Å²) in [6, 6.07) is 0. The highest BCUT2D eigenvalue weighted by atomic mass is 16.6. The summed E-state index contributed by atoms with van der Waals surface area (Å²) < 4.78 is 4.68. The summed E-state index contributed by atoms with van der Waals surface area (Å²) in [5.41, 5.74) is 0. The SMILES string of the molecule is CON=CC(=O)OC(C)C. The predicted octanol–water partition coefficient (Wildman–Crippen LogP) is 0.570. The minimum Gasteiger partial charge on any atom is -0.459 e. The lowest BCUT2D eigenvalue weighted by Gasteiger charge is -2.02. The van der Waals surface area contributed by atoms with E-state index in [1.165, 1.54) is 7.11 Å². The van der Waals surface area contributed by atoms with E-state index in [1.54, 1.807) is 13.8 Å². The molecule has 0 rings (SSSR count). The van der Waals surface area contributed by atoms with Crippen molar-refractivity contribution in [1.29, 1.82) is 0 Å². The molecule has 0 aliphatic heterocycles. The van der Waals surface area contributed by atoms with Crippen LogP contribution in [0.3, 0.4) is 0 Å². The van der Waals surface area contributed by atoms with Crippen LogP contribution in [0.2, 0.25) is 0 Å². The van der Waals surface area contributed by atoms with E-state index in [0.29, 0.717) is 0 Å². The van der Waals surface area contributed by atoms with Crippen LogP contribution in [0.4, 0.5) is 0 Å². The minimum atomic E-state index is -0.489. The minimum absolute atomic E-state index is 0.115. The van der Waals surface area contributed by atoms with E-state index in [1.807, 2.05) is 0 Å². The smallest absolute Gasteiger partial charge is 0.353 e. The Morgan fingerprint density at radius 1 is 1.60 bits per heavy atom. The number of oxime groups is 1. The summed E-state index contributed by atoms with van der Waals surface area (Å²) in [7, 11) is 1.36. The number of hydrogen-bond acceptors (Lipinski definition) is 4. The van der Waals surface area contributed by atoms with Crippen molar-refractivity contribution in [2.24, 2.45) is 5.16 Å². The Balaban J connectivity index is 3.54. The van der Waals surface area contributed by atoms with Crippen molar-refractivity contribution in [3.05, 3.63) is 0 Å². The molecule has 0 aromatic rings. The average molecular weight is 145 g/mol. The highest BCUT2D eigenvalue weighted by molar-refractivity contribution is 6.22. The predicted molar refractivity (Wildman–Crippen MR) is 36.7 cm³/mol. The van der Waals surface area contributed by atoms with E-state index >= 15 is 0 Å². The van der Waals surface area contributed by atoms with Crippen LogP contribution in [0.5, 0.6) is 0 Å². The standard InChI is InChI=1S/C6H11NO3/c1-5(2)10-6(8)4-7-9-3/h4-5H,1-3H3. The number of carbonyl (C=O) groups is 1. The molecule has 4 nitrogen and oxygen atoms in total. The van der Waals surface area contributed by atoms with Crippen LogP contribution >= 0.6 is 0 Å². The van der Waals surface area contributed by atoms with Crippen LogP contribution in [0, 0.1) is 0 Å². The zero-order chi connectivity index (χ0) is 7.98. The molecule has 0 spiro atoms. The van der Waals surface area contributed by atoms with Gasteiger partial charge in [0, 0.05) is 0 Å². The second-order valence-electron chi connectivity index (χ2n) is 1.90. The third-order valence-electron chi connectivity index (χ3n) is 0.615. The first-order valence-electron chi connectivity index (χ1n) is 2.94. The van der Waals surface area contributed by atoms with Crippen LogP contribution in [-0.2, 0) is 14.4 Å². The fourth-order valence-corrected chi connectivity index (χ4v) is 0.358. The summed E-state index contributed by atoms with van der Waals surface area (Å²) in [5.74, 6) is -0.489. The fraction of sp³-hybridized carbons (Fsp3) is 0.667. The first-order valence-corrected chi connectivity index (χ1v) is 2.94. The molecular weight excluding hydrogens is 134 g/mol. The lowest BCUT2D eigenvalue weighted by molar-refractivity contribution is -0.138. The number of nitrogens with zero attached hydrogens (tertiary/aromatic N) is 1. The van der Waals surface area contributed by atoms with Gasteiger partial charge in [-0.1, -0.05) is 5.16 Å². The number of hydrogen-bond donors (Lipinski definition) is 0. The quantitative estimate of drug-likeness (QED) is 0.331. The van der Waals surface area contributed by atoms with Gasteiger partial charge in [0.15, 0.2) is 6.21 Å². The van der Waals surface area contributed by atoms with Crippen LogP contribution < -0.4 is 0 Å². The Bertz CT molecular complexity index is 131. The first kappa shape index (κ1) is 8.94. The highest BCUT2D eigenvalue weighted by Gasteiger charge is 1.99. The Morgan fingerprint density at radius 3 is 2.60 bits per heavy atom. The van der Waals surface area contributed by atoms with E-state index in [9.17, 15) is 4.79 Å². The molecule has 0 saturated carbocycles. The lowest BCUT2D eigenvalue weighted by atomic mass is 10.5. The van der Waals surface area contributed by atoms with Gasteiger partial charge < -0.3 is 9.57 Å². The zero-order valence-corrected chi connectivity index (χ0v) is 6.33. The molecule has 0 radical (unpaired) electrons. The van der Waals surface area contributed by atoms with Crippen molar-refractivity contribution in [2.75, 3.05) is 7.11 Å². The average Bonchev–Trinajstić information content (AvgIpc) is 1.82. The van der Waals surface area contributed by atoms with Crippen molar-refractivity contribution < 1.29 is 14.4 Å². The number of carbonyl (C=O) groups excluding carboxylic acids is 1. The normalized spacial score (nSPS) is 10.4. The van der Waals surface area contributed by atoms with Crippen LogP contribution in [0.25, 0.3) is 0 Å². The Hall–Kier alpha value is -1.06. The van der Waals surface area contributed by atoms with Gasteiger partial charge in [0.2, 0.25) is 0 Å². The third kappa shape index (κ3) is 5.08. The second kappa shape index (κ2) is 4.78. The molecule has 10 heavy (non-hydrogen) atoms. The topological polar surface area (TPSA) is 47.9 Å². The largest absolute Gasteiger partial charge is 0.459 e. The van der Waals surface area contributed by atoms with E-state index in [-0.39, 0.29) is 6.10 Å². The molecule has 0 aliphatic carbocycles. The fourth-order valence-electron chi connectivity index (χ4n) is 0.358. The number of rotatable bonds is 3. The Kier molecular flexibility index (Phi) is 4.28. The second-order valence-corrected chi connectivity index (χ2v) is 1.90. The number of esters is 1. The summed E-state index contributed by atoms with van der Waals surface area (Å²) in [6.45, 7) is 3.52. The Morgan fingerprint density at radius 2 is 2.20 bits per heavy atom. The van der Waals surface area contributed by atoms with Gasteiger partial charge in [0.1, 0.15) is 7.11 Å². The molecule has 4 heteroatoms. The van der Waals surface area contributed by atoms with Crippen LogP contribution in [0.1, 0.15) is 13.8 Å². The summed E-state index contributed by atoms with van der Waals surface area (Å²) in [4.78, 5) is 14.8. The first-order chi connectivity index (χ1) is 4.66. The highest BCUT2D eigenvalue weighted by Crippen LogP contribution is 1.86. The molecule has 0 amide bonds. The molecule has 0 saturated heterocycles. The molecule has 0 atom stereocenters. The molecule has 0 aromatic heterocycles. The van der Waals surface area contributed by atoms with Gasteiger partial charge in [-0.2, -0.15) is 0 Å². The van der Waals surface area contributed by atoms with Gasteiger partial charge in [-0.25, -0.2) is 4.79 Å². The van der Waals surface area contributed by atoms with Gasteiger partial charge in [-0.05, 0) is 13.8 Å². The van der Waals surface area contributed by atoms with Crippen molar-refractivity contribution >= 4 is 12.2 Å². The monoisotopic (exact) mass is 145 g/mol. The maximum absolute atomic E-state index is 10.6. The van der Waals surface area contributed by atoms with E-state index in [0.717, 1.165) is 6.21 Å². The number of ether oxygens (including phenoxy) is 1. The summed E-state index contributed by atoms with van der Waals surface area (Å²) in [5, 5.41) is 3.23. The molecule has 58 valence electrons. The van der Waals surface area contributed by atoms with Crippen LogP contribution in [-0.4, -0.2) is 25.4 Å². The zero-order valence-electron chi connectivity index (χ0n) is 6.33. The third-order valence-corrected chi connectivity index (χ3v) is 0.615. The van der Waals surface area contributed by atoms with Gasteiger partial charge in [0.25, 0.3) is 0 Å². The van der Waals surface area contributed by atoms with Crippen molar-refractivity contribution in [1.82, 2.24) is 0 Å². The molecule has 0 aromatic carbocycles. The van der Waals surface area contributed by atoms with Crippen LogP contribution in [0.15, 0.2) is 5.16 Å². The van der Waals surface area contributed by atoms with Gasteiger partial charge in [-0.3, -0.25) is 0 Å². The van der Waals surface area contributed by atoms with Gasteiger partial charge >= 0.3 is 5.97 Å². The summed E-state index contributed by atoms with van der Waals surface area (Å²) in [6.07, 6.45) is 0.871. The molecule has 0 unspecified atom stereocenters. The van der Waals surface area contributed by atoms with Crippen molar-refractivity contribution in [3.63, 3.8) is 0 Å². The maximum Gasteiger partial charge on any atom is 0.353 e. The molecular formula is C6H11NO3. The van der Waals surface area contributed by atoms with E-state index in [4.69, 9.17) is 0 Å².